The average Bonchev–Trinajstić information content (AvgIpc) is 3.04. The Kier molecular flexibility index (Phi) is 6.81. The molecule has 0 spiro atoms. The van der Waals surface area contributed by atoms with Crippen molar-refractivity contribution in [2.45, 2.75) is 46.6 Å². The summed E-state index contributed by atoms with van der Waals surface area (Å²) >= 11 is 6.36. The molecule has 6 heteroatoms. The number of piperazine rings is 1. The van der Waals surface area contributed by atoms with Crippen molar-refractivity contribution in [2.75, 3.05) is 26.2 Å². The molecule has 3 rings (SSSR count). The van der Waals surface area contributed by atoms with Crippen molar-refractivity contribution < 1.29 is 9.59 Å². The van der Waals surface area contributed by atoms with Gasteiger partial charge >= 0.3 is 0 Å². The van der Waals surface area contributed by atoms with E-state index in [9.17, 15) is 9.59 Å². The monoisotopic (exact) mass is 415 g/mol. The second-order valence-corrected chi connectivity index (χ2v) is 8.22. The van der Waals surface area contributed by atoms with Crippen molar-refractivity contribution in [1.29, 1.82) is 0 Å². The standard InChI is InChI=1S/C23H30ClN3O2/c1-5-8-19-21(17(4)28)15(2)25-22(19)23(29)27-13-11-26(12-14-27)16(3)18-9-6-7-10-20(18)24/h6-7,9-10,16,25H,5,8,11-14H2,1-4H3. The molecule has 0 bridgehead atoms. The Morgan fingerprint density at radius 3 is 2.41 bits per heavy atom. The molecular formula is C23H30ClN3O2. The van der Waals surface area contributed by atoms with Crippen molar-refractivity contribution in [3.8, 4) is 0 Å². The van der Waals surface area contributed by atoms with E-state index in [2.05, 4.69) is 29.8 Å². The molecule has 156 valence electrons. The number of nitrogens with zero attached hydrogens (tertiary/aromatic N) is 2. The van der Waals surface area contributed by atoms with Crippen molar-refractivity contribution >= 4 is 23.3 Å². The van der Waals surface area contributed by atoms with Gasteiger partial charge in [0.2, 0.25) is 0 Å². The number of halogens is 1. The number of ketones is 1. The molecule has 1 unspecified atom stereocenters. The summed E-state index contributed by atoms with van der Waals surface area (Å²) < 4.78 is 0. The largest absolute Gasteiger partial charge is 0.354 e. The maximum atomic E-state index is 13.2. The molecule has 1 atom stereocenters. The van der Waals surface area contributed by atoms with Gasteiger partial charge < -0.3 is 9.88 Å². The zero-order valence-electron chi connectivity index (χ0n) is 17.7. The number of amides is 1. The quantitative estimate of drug-likeness (QED) is 0.698. The van der Waals surface area contributed by atoms with Crippen LogP contribution in [0.1, 0.15) is 70.9 Å². The summed E-state index contributed by atoms with van der Waals surface area (Å²) in [7, 11) is 0. The number of carbonyl (C=O) groups is 2. The number of hydrogen-bond acceptors (Lipinski definition) is 3. The molecule has 0 aliphatic carbocycles. The first-order valence-corrected chi connectivity index (χ1v) is 10.7. The summed E-state index contributed by atoms with van der Waals surface area (Å²) in [5.41, 5.74) is 4.04. The fourth-order valence-corrected chi connectivity index (χ4v) is 4.61. The first-order valence-electron chi connectivity index (χ1n) is 10.3. The summed E-state index contributed by atoms with van der Waals surface area (Å²) in [6.07, 6.45) is 1.62. The lowest BCUT2D eigenvalue weighted by molar-refractivity contribution is 0.0576. The minimum absolute atomic E-state index is 0.00547. The Hall–Kier alpha value is -2.11. The maximum absolute atomic E-state index is 13.2. The van der Waals surface area contributed by atoms with Crippen LogP contribution in [0.25, 0.3) is 0 Å². The normalized spacial score (nSPS) is 16.1. The molecular weight excluding hydrogens is 386 g/mol. The van der Waals surface area contributed by atoms with Crippen molar-refractivity contribution in [1.82, 2.24) is 14.8 Å². The molecule has 0 radical (unpaired) electrons. The number of carbonyl (C=O) groups excluding carboxylic acids is 2. The Morgan fingerprint density at radius 2 is 1.83 bits per heavy atom. The Labute approximate surface area is 178 Å². The average molecular weight is 416 g/mol. The number of rotatable bonds is 6. The second kappa shape index (κ2) is 9.14. The lowest BCUT2D eigenvalue weighted by Crippen LogP contribution is -2.49. The van der Waals surface area contributed by atoms with Gasteiger partial charge in [0.25, 0.3) is 5.91 Å². The van der Waals surface area contributed by atoms with E-state index in [1.54, 1.807) is 6.92 Å². The highest BCUT2D eigenvalue weighted by atomic mass is 35.5. The van der Waals surface area contributed by atoms with E-state index in [4.69, 9.17) is 11.6 Å². The summed E-state index contributed by atoms with van der Waals surface area (Å²) in [5, 5.41) is 0.779. The highest BCUT2D eigenvalue weighted by Crippen LogP contribution is 2.28. The van der Waals surface area contributed by atoms with Crippen LogP contribution < -0.4 is 0 Å². The van der Waals surface area contributed by atoms with Crippen LogP contribution in [0.4, 0.5) is 0 Å². The zero-order valence-corrected chi connectivity index (χ0v) is 18.5. The fourth-order valence-electron chi connectivity index (χ4n) is 4.32. The van der Waals surface area contributed by atoms with Crippen LogP contribution >= 0.6 is 11.6 Å². The third kappa shape index (κ3) is 4.41. The van der Waals surface area contributed by atoms with E-state index in [1.807, 2.05) is 30.0 Å². The van der Waals surface area contributed by atoms with Gasteiger partial charge in [0.05, 0.1) is 0 Å². The van der Waals surface area contributed by atoms with Gasteiger partial charge in [0, 0.05) is 48.5 Å². The van der Waals surface area contributed by atoms with Crippen LogP contribution in [0.5, 0.6) is 0 Å². The number of aryl methyl sites for hydroxylation is 1. The summed E-state index contributed by atoms with van der Waals surface area (Å²) in [5.74, 6) is 0.00808. The van der Waals surface area contributed by atoms with E-state index in [0.717, 1.165) is 47.8 Å². The van der Waals surface area contributed by atoms with E-state index < -0.39 is 0 Å². The highest BCUT2D eigenvalue weighted by molar-refractivity contribution is 6.31. The number of H-pyrrole nitrogens is 1. The highest BCUT2D eigenvalue weighted by Gasteiger charge is 2.29. The molecule has 1 aliphatic heterocycles. The number of nitrogens with one attached hydrogen (secondary N) is 1. The SMILES string of the molecule is CCCc1c(C(=O)N2CCN(C(C)c3ccccc3Cl)CC2)[nH]c(C)c1C(C)=O. The van der Waals surface area contributed by atoms with E-state index in [0.29, 0.717) is 24.3 Å². The molecule has 1 fully saturated rings. The summed E-state index contributed by atoms with van der Waals surface area (Å²) in [6, 6.07) is 8.13. The first-order chi connectivity index (χ1) is 13.8. The molecule has 0 saturated carbocycles. The van der Waals surface area contributed by atoms with Crippen LogP contribution in [0.3, 0.4) is 0 Å². The maximum Gasteiger partial charge on any atom is 0.270 e. The van der Waals surface area contributed by atoms with Crippen molar-refractivity contribution in [2.24, 2.45) is 0 Å². The second-order valence-electron chi connectivity index (χ2n) is 7.81. The molecule has 1 saturated heterocycles. The third-order valence-corrected chi connectivity index (χ3v) is 6.21. The minimum atomic E-state index is -0.00547. The predicted molar refractivity (Wildman–Crippen MR) is 117 cm³/mol. The third-order valence-electron chi connectivity index (χ3n) is 5.86. The van der Waals surface area contributed by atoms with Crippen LogP contribution in [0, 0.1) is 6.92 Å². The van der Waals surface area contributed by atoms with Gasteiger partial charge in [0.1, 0.15) is 5.69 Å². The molecule has 1 amide bonds. The van der Waals surface area contributed by atoms with Crippen LogP contribution in [-0.4, -0.2) is 52.7 Å². The van der Waals surface area contributed by atoms with Crippen molar-refractivity contribution in [3.05, 3.63) is 57.4 Å². The van der Waals surface area contributed by atoms with Gasteiger partial charge in [-0.2, -0.15) is 0 Å². The van der Waals surface area contributed by atoms with Gasteiger partial charge in [-0.25, -0.2) is 0 Å². The molecule has 5 nitrogen and oxygen atoms in total. The number of hydrogen-bond donors (Lipinski definition) is 1. The summed E-state index contributed by atoms with van der Waals surface area (Å²) in [4.78, 5) is 32.8. The van der Waals surface area contributed by atoms with Gasteiger partial charge in [-0.05, 0) is 44.4 Å². The van der Waals surface area contributed by atoms with E-state index in [1.165, 1.54) is 0 Å². The van der Waals surface area contributed by atoms with Gasteiger partial charge in [0.15, 0.2) is 5.78 Å². The molecule has 29 heavy (non-hydrogen) atoms. The fraction of sp³-hybridized carbons (Fsp3) is 0.478. The van der Waals surface area contributed by atoms with E-state index in [-0.39, 0.29) is 17.7 Å². The Balaban J connectivity index is 1.73. The van der Waals surface area contributed by atoms with Crippen LogP contribution in [-0.2, 0) is 6.42 Å². The summed E-state index contributed by atoms with van der Waals surface area (Å²) in [6.45, 7) is 10.6. The molecule has 1 N–H and O–H groups in total. The first kappa shape index (κ1) is 21.6. The molecule has 1 aromatic heterocycles. The number of benzene rings is 1. The molecule has 2 heterocycles. The van der Waals surface area contributed by atoms with Gasteiger partial charge in [-0.3, -0.25) is 14.5 Å². The Morgan fingerprint density at radius 1 is 1.17 bits per heavy atom. The molecule has 1 aromatic carbocycles. The smallest absolute Gasteiger partial charge is 0.270 e. The lowest BCUT2D eigenvalue weighted by Gasteiger charge is -2.38. The van der Waals surface area contributed by atoms with Crippen LogP contribution in [0.15, 0.2) is 24.3 Å². The number of Topliss-reactive ketones (excluding diaryl/α,β-unsaturated/α-hetero) is 1. The number of aromatic amines is 1. The van der Waals surface area contributed by atoms with Gasteiger partial charge in [-0.15, -0.1) is 0 Å². The molecule has 1 aliphatic rings. The zero-order chi connectivity index (χ0) is 21.1. The predicted octanol–water partition coefficient (Wildman–Crippen LogP) is 4.65. The van der Waals surface area contributed by atoms with Crippen molar-refractivity contribution in [3.63, 3.8) is 0 Å². The lowest BCUT2D eigenvalue weighted by atomic mass is 10.0. The van der Waals surface area contributed by atoms with E-state index >= 15 is 0 Å². The van der Waals surface area contributed by atoms with Gasteiger partial charge in [-0.1, -0.05) is 43.1 Å². The Bertz CT molecular complexity index is 898. The van der Waals surface area contributed by atoms with Crippen LogP contribution in [0.2, 0.25) is 5.02 Å². The minimum Gasteiger partial charge on any atom is -0.354 e. The topological polar surface area (TPSA) is 56.4 Å². The number of aromatic nitrogens is 1. The molecule has 2 aromatic rings.